The molecule has 17 heteroatoms. The Morgan fingerprint density at radius 2 is 1.62 bits per heavy atom. The van der Waals surface area contributed by atoms with E-state index in [4.69, 9.17) is 4.84 Å². The fourth-order valence-electron chi connectivity index (χ4n) is 6.63. The van der Waals surface area contributed by atoms with Gasteiger partial charge in [0.2, 0.25) is 16.7 Å². The number of aliphatic carboxylic acids is 1. The molecule has 3 aromatic heterocycles. The van der Waals surface area contributed by atoms with Crippen molar-refractivity contribution in [1.82, 2.24) is 29.0 Å². The molecule has 0 saturated carbocycles. The summed E-state index contributed by atoms with van der Waals surface area (Å²) >= 11 is 3.13. The summed E-state index contributed by atoms with van der Waals surface area (Å²) in [6.45, 7) is 0. The maximum Gasteiger partial charge on any atom is 0.353 e. The maximum absolute atomic E-state index is 15.7. The molecule has 8 rings (SSSR count). The Morgan fingerprint density at radius 1 is 0.982 bits per heavy atom. The lowest BCUT2D eigenvalue weighted by Crippen LogP contribution is -2.71. The predicted molar refractivity (Wildman–Crippen MR) is 208 cm³/mol. The van der Waals surface area contributed by atoms with Gasteiger partial charge in [-0.15, -0.1) is 11.3 Å². The summed E-state index contributed by atoms with van der Waals surface area (Å²) < 4.78 is 21.9. The summed E-state index contributed by atoms with van der Waals surface area (Å²) in [5.41, 5.74) is -0.319. The lowest BCUT2D eigenvalue weighted by molar-refractivity contribution is -0.150. The SMILES string of the molecule is CON=C(C(=O)N[C@@H]1C(=O)N2C(C(=O)O)=C(C=Cc3csc4cncn34)C(F)S[C@H]12)c1nsc(NC(c2ccccc2)(c2ccccc2)c2ccccc2)n1. The van der Waals surface area contributed by atoms with Gasteiger partial charge >= 0.3 is 5.97 Å². The molecule has 5 heterocycles. The fourth-order valence-corrected chi connectivity index (χ4v) is 9.33. The molecule has 276 valence electrons. The van der Waals surface area contributed by atoms with Crippen molar-refractivity contribution in [3.63, 3.8) is 0 Å². The third-order valence-corrected chi connectivity index (χ3v) is 11.9. The third kappa shape index (κ3) is 6.45. The van der Waals surface area contributed by atoms with Gasteiger partial charge in [-0.1, -0.05) is 114 Å². The number of allylic oxidation sites excluding steroid dienone is 1. The molecule has 13 nitrogen and oxygen atoms in total. The molecule has 3 aromatic carbocycles. The van der Waals surface area contributed by atoms with Gasteiger partial charge < -0.3 is 20.6 Å². The number of β-lactam (4-membered cyclic amide) rings is 1. The minimum Gasteiger partial charge on any atom is -0.477 e. The molecular formula is C38H29FN8O5S3. The van der Waals surface area contributed by atoms with E-state index in [0.29, 0.717) is 22.6 Å². The van der Waals surface area contributed by atoms with Crippen LogP contribution < -0.4 is 10.6 Å². The molecule has 2 aliphatic rings. The van der Waals surface area contributed by atoms with E-state index in [-0.39, 0.29) is 17.1 Å². The highest BCUT2D eigenvalue weighted by Gasteiger charge is 2.56. The van der Waals surface area contributed by atoms with Gasteiger partial charge in [-0.25, -0.2) is 14.2 Å². The number of aromatic nitrogens is 4. The summed E-state index contributed by atoms with van der Waals surface area (Å²) in [5, 5.41) is 21.3. The zero-order valence-electron chi connectivity index (χ0n) is 28.6. The van der Waals surface area contributed by atoms with Crippen LogP contribution in [0.5, 0.6) is 0 Å². The summed E-state index contributed by atoms with van der Waals surface area (Å²) in [6, 6.07) is 28.3. The van der Waals surface area contributed by atoms with Gasteiger partial charge in [-0.05, 0) is 22.8 Å². The van der Waals surface area contributed by atoms with Crippen LogP contribution in [0.3, 0.4) is 0 Å². The first-order valence-corrected chi connectivity index (χ1v) is 19.3. The summed E-state index contributed by atoms with van der Waals surface area (Å²) in [7, 11) is 1.25. The number of rotatable bonds is 12. The number of thioether (sulfide) groups is 1. The Hall–Kier alpha value is -6.17. The van der Waals surface area contributed by atoms with Gasteiger partial charge in [0, 0.05) is 22.5 Å². The number of alkyl halides is 1. The lowest BCUT2D eigenvalue weighted by atomic mass is 9.77. The highest BCUT2D eigenvalue weighted by molar-refractivity contribution is 8.00. The van der Waals surface area contributed by atoms with E-state index in [1.54, 1.807) is 23.0 Å². The van der Waals surface area contributed by atoms with E-state index in [2.05, 4.69) is 30.1 Å². The van der Waals surface area contributed by atoms with E-state index in [0.717, 1.165) is 38.0 Å². The number of carboxylic acids is 1. The van der Waals surface area contributed by atoms with Crippen LogP contribution >= 0.6 is 34.6 Å². The highest BCUT2D eigenvalue weighted by atomic mass is 32.2. The van der Waals surface area contributed by atoms with Gasteiger partial charge in [-0.2, -0.15) is 9.36 Å². The average Bonchev–Trinajstić information content (AvgIpc) is 3.97. The first-order valence-electron chi connectivity index (χ1n) is 16.7. The Kier molecular flexibility index (Phi) is 9.73. The second kappa shape index (κ2) is 14.9. The molecule has 2 amide bonds. The number of imidazole rings is 1. The number of fused-ring (bicyclic) bond motifs is 2. The molecule has 1 fully saturated rings. The van der Waals surface area contributed by atoms with Crippen LogP contribution in [-0.2, 0) is 24.8 Å². The first-order chi connectivity index (χ1) is 26.8. The average molecular weight is 793 g/mol. The van der Waals surface area contributed by atoms with Gasteiger partial charge in [0.15, 0.2) is 5.50 Å². The van der Waals surface area contributed by atoms with E-state index in [1.807, 2.05) is 96.4 Å². The van der Waals surface area contributed by atoms with Crippen molar-refractivity contribution in [3.8, 4) is 0 Å². The number of benzene rings is 3. The zero-order chi connectivity index (χ0) is 38.1. The molecule has 2 aliphatic heterocycles. The van der Waals surface area contributed by atoms with E-state index < -0.39 is 45.9 Å². The monoisotopic (exact) mass is 792 g/mol. The first kappa shape index (κ1) is 35.8. The Labute approximate surface area is 325 Å². The molecule has 0 bridgehead atoms. The number of carbonyl (C=O) groups excluding carboxylic acids is 2. The van der Waals surface area contributed by atoms with Crippen LogP contribution in [0.25, 0.3) is 10.9 Å². The van der Waals surface area contributed by atoms with Crippen molar-refractivity contribution >= 4 is 74.2 Å². The number of amides is 2. The largest absolute Gasteiger partial charge is 0.477 e. The summed E-state index contributed by atoms with van der Waals surface area (Å²) in [4.78, 5) is 55.2. The molecule has 6 aromatic rings. The zero-order valence-corrected chi connectivity index (χ0v) is 31.1. The second-order valence-corrected chi connectivity index (χ2v) is 15.0. The molecule has 55 heavy (non-hydrogen) atoms. The van der Waals surface area contributed by atoms with E-state index >= 15 is 4.39 Å². The van der Waals surface area contributed by atoms with Gasteiger partial charge in [0.05, 0.1) is 11.9 Å². The van der Waals surface area contributed by atoms with Crippen LogP contribution in [0.4, 0.5) is 9.52 Å². The topological polar surface area (TPSA) is 163 Å². The molecule has 3 N–H and O–H groups in total. The molecule has 3 atom stereocenters. The lowest BCUT2D eigenvalue weighted by Gasteiger charge is -2.49. The number of halogens is 1. The minimum atomic E-state index is -1.81. The van der Waals surface area contributed by atoms with Gasteiger partial charge in [-0.3, -0.25) is 18.9 Å². The Balaban J connectivity index is 1.06. The van der Waals surface area contributed by atoms with Crippen molar-refractivity contribution < 1.29 is 28.7 Å². The van der Waals surface area contributed by atoms with Crippen molar-refractivity contribution in [3.05, 3.63) is 154 Å². The van der Waals surface area contributed by atoms with Crippen LogP contribution in [0.1, 0.15) is 28.2 Å². The summed E-state index contributed by atoms with van der Waals surface area (Å²) in [5.74, 6) is -3.15. The number of oxime groups is 1. The molecule has 1 unspecified atom stereocenters. The number of carbonyl (C=O) groups is 3. The van der Waals surface area contributed by atoms with Crippen molar-refractivity contribution in [1.29, 1.82) is 0 Å². The minimum absolute atomic E-state index is 0.0859. The third-order valence-electron chi connectivity index (χ3n) is 9.12. The highest BCUT2D eigenvalue weighted by Crippen LogP contribution is 2.45. The Bertz CT molecular complexity index is 2390. The number of nitrogens with zero attached hydrogens (tertiary/aromatic N) is 6. The second-order valence-electron chi connectivity index (χ2n) is 12.2. The number of hydrogen-bond acceptors (Lipinski definition) is 12. The van der Waals surface area contributed by atoms with E-state index in [9.17, 15) is 19.5 Å². The quantitative estimate of drug-likeness (QED) is 0.0602. The predicted octanol–water partition coefficient (Wildman–Crippen LogP) is 5.75. The van der Waals surface area contributed by atoms with Crippen LogP contribution in [0, 0.1) is 0 Å². The number of nitrogens with one attached hydrogen (secondary N) is 2. The molecule has 0 aliphatic carbocycles. The van der Waals surface area contributed by atoms with Crippen molar-refractivity contribution in [2.75, 3.05) is 12.4 Å². The normalized spacial score (nSPS) is 18.7. The molecule has 0 radical (unpaired) electrons. The fraction of sp³-hybridized carbons (Fsp3) is 0.132. The number of carboxylic acid groups (broad SMARTS) is 1. The number of hydrogen-bond donors (Lipinski definition) is 3. The Morgan fingerprint density at radius 3 is 2.22 bits per heavy atom. The molecular weight excluding hydrogens is 764 g/mol. The van der Waals surface area contributed by atoms with Gasteiger partial charge in [0.1, 0.15) is 40.9 Å². The number of thiazole rings is 1. The maximum atomic E-state index is 15.7. The van der Waals surface area contributed by atoms with Crippen LogP contribution in [0.2, 0.25) is 0 Å². The summed E-state index contributed by atoms with van der Waals surface area (Å²) in [6.07, 6.45) is 6.19. The number of anilines is 1. The van der Waals surface area contributed by atoms with Crippen LogP contribution in [-0.4, -0.2) is 76.3 Å². The molecule has 0 spiro atoms. The standard InChI is InChI=1S/C38H29FN8O5S3/c1-52-44-28(32-42-37(55-45-32)43-38(22-11-5-2-6-12-22,23-13-7-3-8-14-23)24-15-9-4-10-16-24)33(48)41-29-34(49)47-30(36(50)51)26(31(39)54-35(29)47)18-17-25-20-53-27-19-40-21-46(25)27/h2-21,29,31,35H,1H3,(H,41,48)(H,50,51)(H,42,43,45)/t29-,31?,35-/m1/s1. The smallest absolute Gasteiger partial charge is 0.353 e. The van der Waals surface area contributed by atoms with Crippen LogP contribution in [0.15, 0.2) is 131 Å². The molecule has 1 saturated heterocycles. The van der Waals surface area contributed by atoms with E-state index in [1.165, 1.54) is 24.5 Å². The van der Waals surface area contributed by atoms with Crippen molar-refractivity contribution in [2.24, 2.45) is 5.16 Å². The van der Waals surface area contributed by atoms with Gasteiger partial charge in [0.25, 0.3) is 11.8 Å². The van der Waals surface area contributed by atoms with Crippen molar-refractivity contribution in [2.45, 2.75) is 22.5 Å².